The van der Waals surface area contributed by atoms with Gasteiger partial charge in [-0.2, -0.15) is 0 Å². The van der Waals surface area contributed by atoms with Gasteiger partial charge < -0.3 is 9.52 Å². The molecule has 1 N–H and O–H groups in total. The molecule has 0 fully saturated rings. The number of para-hydroxylation sites is 2. The molecule has 2 aromatic heterocycles. The van der Waals surface area contributed by atoms with E-state index in [9.17, 15) is 13.6 Å². The monoisotopic (exact) mass is 294 g/mol. The summed E-state index contributed by atoms with van der Waals surface area (Å²) >= 11 is 0. The number of rotatable bonds is 4. The van der Waals surface area contributed by atoms with Crippen LogP contribution in [0.2, 0.25) is 0 Å². The maximum absolute atomic E-state index is 13.0. The Labute approximate surface area is 115 Å². The molecule has 0 aliphatic rings. The van der Waals surface area contributed by atoms with E-state index >= 15 is 0 Å². The number of hydrogen-bond donors (Lipinski definition) is 1. The number of aromatic nitrogens is 4. The van der Waals surface area contributed by atoms with Crippen molar-refractivity contribution >= 4 is 17.1 Å². The van der Waals surface area contributed by atoms with Crippen LogP contribution in [0.25, 0.3) is 11.1 Å². The Morgan fingerprint density at radius 2 is 2.14 bits per heavy atom. The Hall–Kier alpha value is -2.84. The standard InChI is InChI=1S/C12H8F2N4O3/c13-11(14)10-9(12(19)20)16-17-18(10)5-8-15-6-3-1-2-4-7(6)21-8/h1-4,11H,5H2,(H,19,20). The van der Waals surface area contributed by atoms with Crippen LogP contribution < -0.4 is 0 Å². The van der Waals surface area contributed by atoms with Crippen LogP contribution in [-0.2, 0) is 6.54 Å². The fourth-order valence-electron chi connectivity index (χ4n) is 1.92. The third kappa shape index (κ3) is 2.33. The molecule has 3 aromatic rings. The molecule has 21 heavy (non-hydrogen) atoms. The molecular formula is C12H8F2N4O3. The van der Waals surface area contributed by atoms with E-state index < -0.39 is 23.8 Å². The first-order valence-electron chi connectivity index (χ1n) is 5.85. The van der Waals surface area contributed by atoms with Gasteiger partial charge in [0.05, 0.1) is 0 Å². The molecule has 0 aliphatic carbocycles. The van der Waals surface area contributed by atoms with Gasteiger partial charge in [0.25, 0.3) is 6.43 Å². The molecule has 7 nitrogen and oxygen atoms in total. The van der Waals surface area contributed by atoms with Crippen molar-refractivity contribution in [1.29, 1.82) is 0 Å². The molecule has 0 radical (unpaired) electrons. The van der Waals surface area contributed by atoms with Gasteiger partial charge in [0, 0.05) is 0 Å². The lowest BCUT2D eigenvalue weighted by molar-refractivity contribution is 0.0675. The van der Waals surface area contributed by atoms with Crippen molar-refractivity contribution in [3.63, 3.8) is 0 Å². The Kier molecular flexibility index (Phi) is 3.09. The fraction of sp³-hybridized carbons (Fsp3) is 0.167. The van der Waals surface area contributed by atoms with E-state index in [-0.39, 0.29) is 12.4 Å². The number of carbonyl (C=O) groups is 1. The number of halogens is 2. The van der Waals surface area contributed by atoms with E-state index in [4.69, 9.17) is 9.52 Å². The molecule has 0 aliphatic heterocycles. The molecule has 0 amide bonds. The maximum Gasteiger partial charge on any atom is 0.358 e. The Bertz CT molecular complexity index is 779. The number of aromatic carboxylic acids is 1. The average Bonchev–Trinajstić information content (AvgIpc) is 3.01. The zero-order chi connectivity index (χ0) is 15.0. The van der Waals surface area contributed by atoms with Gasteiger partial charge in [0.15, 0.2) is 11.3 Å². The molecular weight excluding hydrogens is 286 g/mol. The number of oxazole rings is 1. The number of carboxylic acids is 1. The summed E-state index contributed by atoms with van der Waals surface area (Å²) in [7, 11) is 0. The number of alkyl halides is 2. The van der Waals surface area contributed by atoms with E-state index in [1.54, 1.807) is 24.3 Å². The zero-order valence-corrected chi connectivity index (χ0v) is 10.4. The third-order valence-corrected chi connectivity index (χ3v) is 2.81. The van der Waals surface area contributed by atoms with Crippen molar-refractivity contribution < 1.29 is 23.1 Å². The van der Waals surface area contributed by atoms with E-state index in [0.29, 0.717) is 11.1 Å². The topological polar surface area (TPSA) is 94.0 Å². The van der Waals surface area contributed by atoms with E-state index in [0.717, 1.165) is 4.68 Å². The summed E-state index contributed by atoms with van der Waals surface area (Å²) in [6.07, 6.45) is -3.02. The molecule has 3 rings (SSSR count). The molecule has 1 aromatic carbocycles. The molecule has 0 saturated heterocycles. The summed E-state index contributed by atoms with van der Waals surface area (Å²) in [5.41, 5.74) is -0.472. The van der Waals surface area contributed by atoms with E-state index in [1.165, 1.54) is 0 Å². The van der Waals surface area contributed by atoms with Crippen molar-refractivity contribution in [3.05, 3.63) is 41.5 Å². The lowest BCUT2D eigenvalue weighted by Gasteiger charge is -2.03. The summed E-state index contributed by atoms with van der Waals surface area (Å²) in [4.78, 5) is 15.0. The average molecular weight is 294 g/mol. The van der Waals surface area contributed by atoms with Crippen LogP contribution in [0.4, 0.5) is 8.78 Å². The molecule has 108 valence electrons. The molecule has 0 spiro atoms. The third-order valence-electron chi connectivity index (χ3n) is 2.81. The normalized spacial score (nSPS) is 11.4. The highest BCUT2D eigenvalue weighted by atomic mass is 19.3. The minimum absolute atomic E-state index is 0.139. The zero-order valence-electron chi connectivity index (χ0n) is 10.4. The Balaban J connectivity index is 1.99. The van der Waals surface area contributed by atoms with Crippen LogP contribution in [0.1, 0.15) is 28.5 Å². The van der Waals surface area contributed by atoms with Crippen LogP contribution in [0.3, 0.4) is 0 Å². The number of benzene rings is 1. The first-order chi connectivity index (χ1) is 10.1. The van der Waals surface area contributed by atoms with Crippen LogP contribution in [0.15, 0.2) is 28.7 Å². The van der Waals surface area contributed by atoms with Crippen molar-refractivity contribution in [2.24, 2.45) is 0 Å². The van der Waals surface area contributed by atoms with Gasteiger partial charge in [-0.1, -0.05) is 17.3 Å². The SMILES string of the molecule is O=C(O)c1nnn(Cc2nc3ccccc3o2)c1C(F)F. The number of fused-ring (bicyclic) bond motifs is 1. The molecule has 9 heteroatoms. The second-order valence-corrected chi connectivity index (χ2v) is 4.16. The molecule has 0 unspecified atom stereocenters. The molecule has 0 saturated carbocycles. The van der Waals surface area contributed by atoms with Crippen LogP contribution in [0, 0.1) is 0 Å². The number of carboxylic acid groups (broad SMARTS) is 1. The highest BCUT2D eigenvalue weighted by Crippen LogP contribution is 2.23. The predicted octanol–water partition coefficient (Wildman–Crippen LogP) is 2.10. The molecule has 2 heterocycles. The molecule has 0 bridgehead atoms. The highest BCUT2D eigenvalue weighted by molar-refractivity contribution is 5.86. The van der Waals surface area contributed by atoms with Gasteiger partial charge in [0.1, 0.15) is 17.8 Å². The van der Waals surface area contributed by atoms with Gasteiger partial charge in [-0.15, -0.1) is 5.10 Å². The lowest BCUT2D eigenvalue weighted by Crippen LogP contribution is -2.10. The largest absolute Gasteiger partial charge is 0.476 e. The number of nitrogens with zero attached hydrogens (tertiary/aromatic N) is 4. The first kappa shape index (κ1) is 13.2. The number of hydrogen-bond acceptors (Lipinski definition) is 5. The summed E-state index contributed by atoms with van der Waals surface area (Å²) in [5.74, 6) is -1.42. The first-order valence-corrected chi connectivity index (χ1v) is 5.85. The van der Waals surface area contributed by atoms with Gasteiger partial charge in [-0.3, -0.25) is 0 Å². The second-order valence-electron chi connectivity index (χ2n) is 4.16. The molecule has 0 atom stereocenters. The second kappa shape index (κ2) is 4.93. The summed E-state index contributed by atoms with van der Waals surface area (Å²) < 4.78 is 32.1. The Morgan fingerprint density at radius 1 is 1.38 bits per heavy atom. The highest BCUT2D eigenvalue weighted by Gasteiger charge is 2.27. The Morgan fingerprint density at radius 3 is 2.81 bits per heavy atom. The maximum atomic E-state index is 13.0. The quantitative estimate of drug-likeness (QED) is 0.792. The van der Waals surface area contributed by atoms with Crippen molar-refractivity contribution in [2.75, 3.05) is 0 Å². The smallest absolute Gasteiger partial charge is 0.358 e. The lowest BCUT2D eigenvalue weighted by atomic mass is 10.3. The van der Waals surface area contributed by atoms with Gasteiger partial charge in [0.2, 0.25) is 5.89 Å². The minimum atomic E-state index is -3.02. The summed E-state index contributed by atoms with van der Waals surface area (Å²) in [6.45, 7) is -0.228. The van der Waals surface area contributed by atoms with Crippen LogP contribution in [-0.4, -0.2) is 31.1 Å². The van der Waals surface area contributed by atoms with Gasteiger partial charge >= 0.3 is 5.97 Å². The predicted molar refractivity (Wildman–Crippen MR) is 65.0 cm³/mol. The minimum Gasteiger partial charge on any atom is -0.476 e. The summed E-state index contributed by atoms with van der Waals surface area (Å²) in [6, 6.07) is 6.90. The fourth-order valence-corrected chi connectivity index (χ4v) is 1.92. The van der Waals surface area contributed by atoms with Crippen molar-refractivity contribution in [3.8, 4) is 0 Å². The van der Waals surface area contributed by atoms with Crippen molar-refractivity contribution in [2.45, 2.75) is 13.0 Å². The van der Waals surface area contributed by atoms with Gasteiger partial charge in [-0.05, 0) is 12.1 Å². The van der Waals surface area contributed by atoms with Crippen LogP contribution in [0.5, 0.6) is 0 Å². The van der Waals surface area contributed by atoms with E-state index in [1.807, 2.05) is 0 Å². The van der Waals surface area contributed by atoms with E-state index in [2.05, 4.69) is 15.3 Å². The van der Waals surface area contributed by atoms with Gasteiger partial charge in [-0.25, -0.2) is 23.2 Å². The van der Waals surface area contributed by atoms with Crippen LogP contribution >= 0.6 is 0 Å². The van der Waals surface area contributed by atoms with Crippen molar-refractivity contribution in [1.82, 2.24) is 20.0 Å². The summed E-state index contributed by atoms with van der Waals surface area (Å²) in [5, 5.41) is 15.5.